The van der Waals surface area contributed by atoms with E-state index in [1.807, 2.05) is 0 Å². The van der Waals surface area contributed by atoms with Crippen molar-refractivity contribution >= 4 is 0 Å². The highest BCUT2D eigenvalue weighted by molar-refractivity contribution is 5.29. The molecule has 3 nitrogen and oxygen atoms in total. The number of halogens is 3. The van der Waals surface area contributed by atoms with Gasteiger partial charge in [-0.05, 0) is 25.1 Å². The molecule has 2 aromatic heterocycles. The Balaban J connectivity index is 2.33. The molecule has 0 radical (unpaired) electrons. The molecule has 2 heterocycles. The Labute approximate surface area is 89.5 Å². The SMILES string of the molecule is Cc1ccn(-c2ccc(C(F)(F)F)nc2)n1. The maximum atomic E-state index is 12.2. The summed E-state index contributed by atoms with van der Waals surface area (Å²) < 4.78 is 38.2. The second-order valence-corrected chi connectivity index (χ2v) is 3.30. The molecule has 16 heavy (non-hydrogen) atoms. The molecule has 0 aliphatic rings. The number of nitrogens with zero attached hydrogens (tertiary/aromatic N) is 3. The van der Waals surface area contributed by atoms with Crippen LogP contribution in [0.2, 0.25) is 0 Å². The van der Waals surface area contributed by atoms with Crippen molar-refractivity contribution in [2.75, 3.05) is 0 Å². The quantitative estimate of drug-likeness (QED) is 0.749. The summed E-state index contributed by atoms with van der Waals surface area (Å²) in [7, 11) is 0. The molecule has 0 saturated heterocycles. The molecule has 2 rings (SSSR count). The molecular weight excluding hydrogens is 219 g/mol. The normalized spacial score (nSPS) is 11.8. The Hall–Kier alpha value is -1.85. The Morgan fingerprint density at radius 2 is 1.94 bits per heavy atom. The van der Waals surface area contributed by atoms with Gasteiger partial charge in [0.1, 0.15) is 5.69 Å². The van der Waals surface area contributed by atoms with E-state index in [-0.39, 0.29) is 0 Å². The van der Waals surface area contributed by atoms with E-state index in [1.165, 1.54) is 10.7 Å². The number of aryl methyl sites for hydroxylation is 1. The maximum absolute atomic E-state index is 12.2. The van der Waals surface area contributed by atoms with Gasteiger partial charge in [-0.3, -0.25) is 0 Å². The zero-order valence-electron chi connectivity index (χ0n) is 8.36. The number of alkyl halides is 3. The molecule has 0 saturated carbocycles. The third kappa shape index (κ3) is 2.05. The Morgan fingerprint density at radius 1 is 1.19 bits per heavy atom. The lowest BCUT2D eigenvalue weighted by Crippen LogP contribution is -2.08. The van der Waals surface area contributed by atoms with Crippen LogP contribution in [0.25, 0.3) is 5.69 Å². The fourth-order valence-electron chi connectivity index (χ4n) is 1.25. The van der Waals surface area contributed by atoms with Gasteiger partial charge in [0.15, 0.2) is 0 Å². The van der Waals surface area contributed by atoms with Crippen molar-refractivity contribution in [3.8, 4) is 5.69 Å². The molecule has 0 N–H and O–H groups in total. The summed E-state index contributed by atoms with van der Waals surface area (Å²) >= 11 is 0. The summed E-state index contributed by atoms with van der Waals surface area (Å²) in [6.07, 6.45) is -1.59. The summed E-state index contributed by atoms with van der Waals surface area (Å²) in [6.45, 7) is 1.80. The van der Waals surface area contributed by atoms with E-state index in [0.29, 0.717) is 5.69 Å². The van der Waals surface area contributed by atoms with Gasteiger partial charge in [0.2, 0.25) is 0 Å². The molecule has 84 valence electrons. The Kier molecular flexibility index (Phi) is 2.41. The van der Waals surface area contributed by atoms with Crippen LogP contribution in [0.1, 0.15) is 11.4 Å². The van der Waals surface area contributed by atoms with E-state index in [2.05, 4.69) is 10.1 Å². The van der Waals surface area contributed by atoms with Crippen molar-refractivity contribution in [3.63, 3.8) is 0 Å². The maximum Gasteiger partial charge on any atom is 0.433 e. The summed E-state index contributed by atoms with van der Waals surface area (Å²) in [6, 6.07) is 4.03. The van der Waals surface area contributed by atoms with Gasteiger partial charge in [-0.1, -0.05) is 0 Å². The predicted octanol–water partition coefficient (Wildman–Crippen LogP) is 2.59. The van der Waals surface area contributed by atoms with Crippen LogP contribution in [0.4, 0.5) is 13.2 Å². The topological polar surface area (TPSA) is 30.7 Å². The third-order valence-corrected chi connectivity index (χ3v) is 2.03. The van der Waals surface area contributed by atoms with Crippen molar-refractivity contribution in [1.82, 2.24) is 14.8 Å². The van der Waals surface area contributed by atoms with Gasteiger partial charge in [0, 0.05) is 6.20 Å². The largest absolute Gasteiger partial charge is 0.433 e. The third-order valence-electron chi connectivity index (χ3n) is 2.03. The first-order valence-corrected chi connectivity index (χ1v) is 4.53. The lowest BCUT2D eigenvalue weighted by Gasteiger charge is -2.06. The van der Waals surface area contributed by atoms with Gasteiger partial charge >= 0.3 is 6.18 Å². The van der Waals surface area contributed by atoms with E-state index in [4.69, 9.17) is 0 Å². The number of pyridine rings is 1. The minimum Gasteiger partial charge on any atom is -0.250 e. The molecule has 0 aromatic carbocycles. The van der Waals surface area contributed by atoms with Crippen molar-refractivity contribution in [2.24, 2.45) is 0 Å². The predicted molar refractivity (Wildman–Crippen MR) is 51.1 cm³/mol. The monoisotopic (exact) mass is 227 g/mol. The van der Waals surface area contributed by atoms with Crippen molar-refractivity contribution < 1.29 is 13.2 Å². The summed E-state index contributed by atoms with van der Waals surface area (Å²) in [4.78, 5) is 3.35. The molecule has 0 unspecified atom stereocenters. The molecule has 0 aliphatic carbocycles. The fraction of sp³-hybridized carbons (Fsp3) is 0.200. The lowest BCUT2D eigenvalue weighted by atomic mass is 10.3. The molecule has 0 amide bonds. The molecule has 0 spiro atoms. The van der Waals surface area contributed by atoms with Crippen molar-refractivity contribution in [1.29, 1.82) is 0 Å². The highest BCUT2D eigenvalue weighted by Crippen LogP contribution is 2.27. The van der Waals surface area contributed by atoms with Crippen LogP contribution >= 0.6 is 0 Å². The highest BCUT2D eigenvalue weighted by atomic mass is 19.4. The number of hydrogen-bond acceptors (Lipinski definition) is 2. The first kappa shape index (κ1) is 10.7. The molecule has 0 aliphatic heterocycles. The Bertz CT molecular complexity index is 485. The fourth-order valence-corrected chi connectivity index (χ4v) is 1.25. The van der Waals surface area contributed by atoms with E-state index >= 15 is 0 Å². The zero-order chi connectivity index (χ0) is 11.8. The van der Waals surface area contributed by atoms with Crippen LogP contribution in [0, 0.1) is 6.92 Å². The second kappa shape index (κ2) is 3.62. The Morgan fingerprint density at radius 3 is 2.38 bits per heavy atom. The molecule has 2 aromatic rings. The summed E-state index contributed by atoms with van der Waals surface area (Å²) in [5, 5.41) is 4.07. The van der Waals surface area contributed by atoms with Crippen LogP contribution in [0.3, 0.4) is 0 Å². The number of hydrogen-bond donors (Lipinski definition) is 0. The van der Waals surface area contributed by atoms with Gasteiger partial charge in [-0.15, -0.1) is 0 Å². The van der Waals surface area contributed by atoms with E-state index in [9.17, 15) is 13.2 Å². The van der Waals surface area contributed by atoms with E-state index in [1.54, 1.807) is 19.2 Å². The first-order chi connectivity index (χ1) is 7.47. The minimum atomic E-state index is -4.40. The van der Waals surface area contributed by atoms with Crippen LogP contribution in [0.15, 0.2) is 30.6 Å². The van der Waals surface area contributed by atoms with Gasteiger partial charge in [0.25, 0.3) is 0 Å². The summed E-state index contributed by atoms with van der Waals surface area (Å²) in [5.41, 5.74) is 0.390. The molecule has 0 bridgehead atoms. The highest BCUT2D eigenvalue weighted by Gasteiger charge is 2.32. The van der Waals surface area contributed by atoms with Gasteiger partial charge in [0.05, 0.1) is 17.6 Å². The van der Waals surface area contributed by atoms with E-state index in [0.717, 1.165) is 18.0 Å². The van der Waals surface area contributed by atoms with Crippen LogP contribution in [0.5, 0.6) is 0 Å². The second-order valence-electron chi connectivity index (χ2n) is 3.30. The molecule has 0 atom stereocenters. The lowest BCUT2D eigenvalue weighted by molar-refractivity contribution is -0.141. The van der Waals surface area contributed by atoms with Crippen molar-refractivity contribution in [3.05, 3.63) is 42.0 Å². The summed E-state index contributed by atoms with van der Waals surface area (Å²) in [5.74, 6) is 0. The van der Waals surface area contributed by atoms with Crippen LogP contribution in [-0.4, -0.2) is 14.8 Å². The average molecular weight is 227 g/mol. The zero-order valence-corrected chi connectivity index (χ0v) is 8.36. The first-order valence-electron chi connectivity index (χ1n) is 4.53. The van der Waals surface area contributed by atoms with Crippen molar-refractivity contribution in [2.45, 2.75) is 13.1 Å². The van der Waals surface area contributed by atoms with Crippen LogP contribution in [-0.2, 0) is 6.18 Å². The molecular formula is C10H8F3N3. The van der Waals surface area contributed by atoms with Gasteiger partial charge in [-0.25, -0.2) is 9.67 Å². The average Bonchev–Trinajstić information content (AvgIpc) is 2.64. The van der Waals surface area contributed by atoms with E-state index < -0.39 is 11.9 Å². The van der Waals surface area contributed by atoms with Gasteiger partial charge in [-0.2, -0.15) is 18.3 Å². The number of aromatic nitrogens is 3. The standard InChI is InChI=1S/C10H8F3N3/c1-7-4-5-16(15-7)8-2-3-9(14-6-8)10(11,12)13/h2-6H,1H3. The van der Waals surface area contributed by atoms with Gasteiger partial charge < -0.3 is 0 Å². The number of rotatable bonds is 1. The smallest absolute Gasteiger partial charge is 0.250 e. The molecule has 0 fully saturated rings. The minimum absolute atomic E-state index is 0.501. The molecule has 6 heteroatoms. The van der Waals surface area contributed by atoms with Crippen LogP contribution < -0.4 is 0 Å².